The van der Waals surface area contributed by atoms with Crippen LogP contribution < -0.4 is 0 Å². The summed E-state index contributed by atoms with van der Waals surface area (Å²) >= 11 is 0. The molecule has 1 fully saturated rings. The van der Waals surface area contributed by atoms with Crippen LogP contribution in [0.25, 0.3) is 0 Å². The van der Waals surface area contributed by atoms with Crippen LogP contribution in [0.2, 0.25) is 0 Å². The van der Waals surface area contributed by atoms with Gasteiger partial charge in [-0.25, -0.2) is 0 Å². The molecule has 0 unspecified atom stereocenters. The maximum atomic E-state index is 9.30. The zero-order chi connectivity index (χ0) is 7.56. The van der Waals surface area contributed by atoms with Crippen molar-refractivity contribution in [2.45, 2.75) is 13.0 Å². The van der Waals surface area contributed by atoms with E-state index in [0.717, 1.165) is 19.6 Å². The number of nitrogens with zero attached hydrogens (tertiary/aromatic N) is 1. The molecule has 1 rings (SSSR count). The summed E-state index contributed by atoms with van der Waals surface area (Å²) in [6.45, 7) is 4.62. The topological polar surface area (TPSA) is 47.3 Å². The lowest BCUT2D eigenvalue weighted by Gasteiger charge is -2.09. The second-order valence-corrected chi connectivity index (χ2v) is 2.75. The Morgan fingerprint density at radius 3 is 2.70 bits per heavy atom. The predicted molar refractivity (Wildman–Crippen MR) is 40.4 cm³/mol. The molecule has 0 bridgehead atoms. The molecule has 10 heavy (non-hydrogen) atoms. The van der Waals surface area contributed by atoms with Crippen molar-refractivity contribution < 1.29 is 5.11 Å². The second kappa shape index (κ2) is 3.12. The van der Waals surface area contributed by atoms with E-state index in [1.165, 1.54) is 6.21 Å². The van der Waals surface area contributed by atoms with Gasteiger partial charge in [-0.15, -0.1) is 0 Å². The third kappa shape index (κ3) is 1.36. The van der Waals surface area contributed by atoms with Crippen LogP contribution in [0.5, 0.6) is 0 Å². The summed E-state index contributed by atoms with van der Waals surface area (Å²) < 4.78 is 0. The lowest BCUT2D eigenvalue weighted by molar-refractivity contribution is 0.164. The number of hydrogen-bond donors (Lipinski definition) is 2. The molecule has 0 saturated carbocycles. The molecule has 0 aromatic heterocycles. The predicted octanol–water partition coefficient (Wildman–Crippen LogP) is -0.0514. The van der Waals surface area contributed by atoms with Gasteiger partial charge in [-0.3, -0.25) is 0 Å². The molecule has 1 saturated heterocycles. The van der Waals surface area contributed by atoms with Crippen molar-refractivity contribution in [2.24, 2.45) is 5.92 Å². The van der Waals surface area contributed by atoms with Gasteiger partial charge in [-0.2, -0.15) is 0 Å². The fraction of sp³-hybridized carbons (Fsp3) is 0.857. The van der Waals surface area contributed by atoms with E-state index in [1.807, 2.05) is 0 Å². The maximum absolute atomic E-state index is 9.30. The van der Waals surface area contributed by atoms with Gasteiger partial charge in [0.2, 0.25) is 0 Å². The number of likely N-dealkylation sites (N-methyl/N-ethyl adjacent to an activating group) is 1. The minimum atomic E-state index is -0.308. The molecular weight excluding hydrogens is 128 g/mol. The fourth-order valence-corrected chi connectivity index (χ4v) is 1.32. The van der Waals surface area contributed by atoms with E-state index in [9.17, 15) is 5.11 Å². The molecule has 0 aromatic rings. The van der Waals surface area contributed by atoms with Gasteiger partial charge in [-0.1, -0.05) is 6.92 Å². The third-order valence-electron chi connectivity index (χ3n) is 2.07. The largest absolute Gasteiger partial charge is 0.391 e. The number of hydrogen-bond acceptors (Lipinski definition) is 3. The van der Waals surface area contributed by atoms with Crippen molar-refractivity contribution in [3.8, 4) is 0 Å². The number of aliphatic hydroxyl groups is 1. The Morgan fingerprint density at radius 1 is 1.70 bits per heavy atom. The first kappa shape index (κ1) is 7.69. The SMILES string of the molecule is CCN1C[C@@H](C=N)[C@@H](O)C1. The van der Waals surface area contributed by atoms with E-state index >= 15 is 0 Å². The van der Waals surface area contributed by atoms with Crippen LogP contribution in [-0.4, -0.2) is 42.0 Å². The molecule has 58 valence electrons. The van der Waals surface area contributed by atoms with E-state index < -0.39 is 0 Å². The Kier molecular flexibility index (Phi) is 2.40. The molecule has 3 nitrogen and oxygen atoms in total. The van der Waals surface area contributed by atoms with Crippen molar-refractivity contribution in [1.29, 1.82) is 5.41 Å². The monoisotopic (exact) mass is 142 g/mol. The second-order valence-electron chi connectivity index (χ2n) is 2.75. The van der Waals surface area contributed by atoms with Crippen molar-refractivity contribution in [3.05, 3.63) is 0 Å². The molecule has 2 N–H and O–H groups in total. The number of β-amino-alcohol motifs (C(OH)–C–C–N with tert-alkyl or cyclic N) is 1. The summed E-state index contributed by atoms with van der Waals surface area (Å²) in [7, 11) is 0. The lowest BCUT2D eigenvalue weighted by Crippen LogP contribution is -2.21. The van der Waals surface area contributed by atoms with Gasteiger partial charge >= 0.3 is 0 Å². The summed E-state index contributed by atoms with van der Waals surface area (Å²) in [5.74, 6) is 0.0694. The van der Waals surface area contributed by atoms with Gasteiger partial charge in [0.1, 0.15) is 0 Å². The van der Waals surface area contributed by atoms with Gasteiger partial charge in [-0.05, 0) is 6.54 Å². The van der Waals surface area contributed by atoms with E-state index in [0.29, 0.717) is 0 Å². The molecule has 0 aromatic carbocycles. The molecule has 1 aliphatic heterocycles. The number of rotatable bonds is 2. The highest BCUT2D eigenvalue weighted by molar-refractivity contribution is 5.58. The van der Waals surface area contributed by atoms with Crippen LogP contribution in [0.15, 0.2) is 0 Å². The summed E-state index contributed by atoms with van der Waals surface area (Å²) in [4.78, 5) is 2.15. The van der Waals surface area contributed by atoms with Crippen LogP contribution in [0.1, 0.15) is 6.92 Å². The Balaban J connectivity index is 2.43. The van der Waals surface area contributed by atoms with E-state index in [1.54, 1.807) is 0 Å². The van der Waals surface area contributed by atoms with Crippen LogP contribution in [0, 0.1) is 11.3 Å². The quantitative estimate of drug-likeness (QED) is 0.531. The number of aliphatic hydroxyl groups excluding tert-OH is 1. The highest BCUT2D eigenvalue weighted by Crippen LogP contribution is 2.13. The molecule has 0 aliphatic carbocycles. The Labute approximate surface area is 61.2 Å². The highest BCUT2D eigenvalue weighted by Gasteiger charge is 2.28. The normalized spacial score (nSPS) is 34.6. The first-order valence-electron chi connectivity index (χ1n) is 3.69. The average Bonchev–Trinajstić information content (AvgIpc) is 2.30. The van der Waals surface area contributed by atoms with E-state index in [4.69, 9.17) is 5.41 Å². The Hall–Kier alpha value is -0.410. The fourth-order valence-electron chi connectivity index (χ4n) is 1.32. The van der Waals surface area contributed by atoms with Gasteiger partial charge < -0.3 is 15.4 Å². The van der Waals surface area contributed by atoms with Crippen molar-refractivity contribution >= 4 is 6.21 Å². The number of likely N-dealkylation sites (tertiary alicyclic amines) is 1. The lowest BCUT2D eigenvalue weighted by atomic mass is 10.1. The van der Waals surface area contributed by atoms with Crippen molar-refractivity contribution in [3.63, 3.8) is 0 Å². The summed E-state index contributed by atoms with van der Waals surface area (Å²) in [6, 6.07) is 0. The zero-order valence-electron chi connectivity index (χ0n) is 6.25. The molecular formula is C7H14N2O. The number of nitrogens with one attached hydrogen (secondary N) is 1. The van der Waals surface area contributed by atoms with Gasteiger partial charge in [0.05, 0.1) is 6.10 Å². The smallest absolute Gasteiger partial charge is 0.0756 e. The Morgan fingerprint density at radius 2 is 2.40 bits per heavy atom. The molecule has 1 aliphatic rings. The minimum Gasteiger partial charge on any atom is -0.391 e. The van der Waals surface area contributed by atoms with Crippen LogP contribution in [-0.2, 0) is 0 Å². The summed E-state index contributed by atoms with van der Waals surface area (Å²) in [6.07, 6.45) is 1.04. The molecule has 2 atom stereocenters. The summed E-state index contributed by atoms with van der Waals surface area (Å²) in [5.41, 5.74) is 0. The highest BCUT2D eigenvalue weighted by atomic mass is 16.3. The standard InChI is InChI=1S/C7H14N2O/c1-2-9-4-6(3-8)7(10)5-9/h3,6-8,10H,2,4-5H2,1H3/t6-,7+/m1/s1. The summed E-state index contributed by atoms with van der Waals surface area (Å²) in [5, 5.41) is 16.3. The van der Waals surface area contributed by atoms with Gasteiger partial charge in [0, 0.05) is 25.2 Å². The van der Waals surface area contributed by atoms with Gasteiger partial charge in [0.25, 0.3) is 0 Å². The Bertz CT molecular complexity index is 127. The van der Waals surface area contributed by atoms with Crippen LogP contribution in [0.3, 0.4) is 0 Å². The zero-order valence-corrected chi connectivity index (χ0v) is 6.25. The van der Waals surface area contributed by atoms with Gasteiger partial charge in [0.15, 0.2) is 0 Å². The van der Waals surface area contributed by atoms with Crippen molar-refractivity contribution in [2.75, 3.05) is 19.6 Å². The van der Waals surface area contributed by atoms with Crippen LogP contribution in [0.4, 0.5) is 0 Å². The molecule has 0 spiro atoms. The van der Waals surface area contributed by atoms with Crippen molar-refractivity contribution in [1.82, 2.24) is 4.90 Å². The first-order valence-corrected chi connectivity index (χ1v) is 3.69. The molecule has 0 amide bonds. The van der Waals surface area contributed by atoms with Crippen LogP contribution >= 0.6 is 0 Å². The van der Waals surface area contributed by atoms with E-state index in [2.05, 4.69) is 11.8 Å². The first-order chi connectivity index (χ1) is 4.77. The molecule has 0 radical (unpaired) electrons. The average molecular weight is 142 g/mol. The maximum Gasteiger partial charge on any atom is 0.0756 e. The molecule has 1 heterocycles. The minimum absolute atomic E-state index is 0.0694. The molecule has 3 heteroatoms. The van der Waals surface area contributed by atoms with E-state index in [-0.39, 0.29) is 12.0 Å². The third-order valence-corrected chi connectivity index (χ3v) is 2.07.